The first-order valence-electron chi connectivity index (χ1n) is 7.98. The van der Waals surface area contributed by atoms with E-state index in [1.54, 1.807) is 33.5 Å². The minimum absolute atomic E-state index is 0.00929. The lowest BCUT2D eigenvalue weighted by Gasteiger charge is -2.31. The smallest absolute Gasteiger partial charge is 0.253 e. The Morgan fingerprint density at radius 1 is 0.818 bits per heavy atom. The van der Waals surface area contributed by atoms with E-state index in [-0.39, 0.29) is 10.8 Å². The van der Waals surface area contributed by atoms with Gasteiger partial charge in [-0.2, -0.15) is 4.31 Å². The maximum absolute atomic E-state index is 12.7. The molecule has 0 unspecified atom stereocenters. The first-order valence-corrected chi connectivity index (χ1v) is 9.42. The van der Waals surface area contributed by atoms with Crippen LogP contribution in [0.2, 0.25) is 0 Å². The molecule has 6 heteroatoms. The Bertz CT molecular complexity index is 628. The summed E-state index contributed by atoms with van der Waals surface area (Å²) in [4.78, 5) is 14.2. The first-order chi connectivity index (χ1) is 10.6. The molecule has 0 N–H and O–H groups in total. The Balaban J connectivity index is 1.77. The molecule has 1 aromatic carbocycles. The van der Waals surface area contributed by atoms with Crippen molar-refractivity contribution in [3.63, 3.8) is 0 Å². The fraction of sp³-hybridized carbons (Fsp3) is 0.562. The Labute approximate surface area is 132 Å². The van der Waals surface area contributed by atoms with Crippen molar-refractivity contribution >= 4 is 15.9 Å². The van der Waals surface area contributed by atoms with Gasteiger partial charge in [-0.1, -0.05) is 12.8 Å². The van der Waals surface area contributed by atoms with E-state index in [0.29, 0.717) is 18.7 Å². The van der Waals surface area contributed by atoms with Gasteiger partial charge in [0.25, 0.3) is 5.91 Å². The summed E-state index contributed by atoms with van der Waals surface area (Å²) in [5.41, 5.74) is 0.564. The maximum Gasteiger partial charge on any atom is 0.253 e. The highest BCUT2D eigenvalue weighted by Gasteiger charge is 2.26. The van der Waals surface area contributed by atoms with E-state index in [9.17, 15) is 13.2 Å². The van der Waals surface area contributed by atoms with Gasteiger partial charge < -0.3 is 4.90 Å². The molecule has 1 amide bonds. The van der Waals surface area contributed by atoms with E-state index in [1.807, 2.05) is 0 Å². The highest BCUT2D eigenvalue weighted by Crippen LogP contribution is 2.21. The van der Waals surface area contributed by atoms with Crippen LogP contribution in [-0.4, -0.2) is 49.7 Å². The van der Waals surface area contributed by atoms with Gasteiger partial charge in [0, 0.05) is 31.7 Å². The quantitative estimate of drug-likeness (QED) is 0.856. The van der Waals surface area contributed by atoms with Crippen molar-refractivity contribution in [2.75, 3.05) is 26.2 Å². The molecule has 5 nitrogen and oxygen atoms in total. The van der Waals surface area contributed by atoms with Crippen LogP contribution in [0.3, 0.4) is 0 Å². The number of hydrogen-bond acceptors (Lipinski definition) is 3. The lowest BCUT2D eigenvalue weighted by Crippen LogP contribution is -2.42. The number of rotatable bonds is 3. The normalized spacial score (nSPS) is 20.3. The zero-order valence-electron chi connectivity index (χ0n) is 12.7. The predicted octanol–water partition coefficient (Wildman–Crippen LogP) is 2.10. The molecule has 0 spiro atoms. The number of carbonyl (C=O) groups excluding carboxylic acids is 1. The van der Waals surface area contributed by atoms with Gasteiger partial charge in [-0.05, 0) is 43.5 Å². The van der Waals surface area contributed by atoms with Crippen LogP contribution in [0.1, 0.15) is 42.5 Å². The van der Waals surface area contributed by atoms with E-state index in [4.69, 9.17) is 0 Å². The standard InChI is InChI=1S/C16H22N2O3S/c19-16(17-10-5-11-17)14-6-8-15(9-7-14)22(20,21)18-12-3-1-2-4-13-18/h6-9H,1-5,10-13H2. The second kappa shape index (κ2) is 6.38. The van der Waals surface area contributed by atoms with Gasteiger partial charge in [0.05, 0.1) is 4.90 Å². The third-order valence-corrected chi connectivity index (χ3v) is 6.36. The first kappa shape index (κ1) is 15.5. The Kier molecular flexibility index (Phi) is 4.49. The molecule has 0 atom stereocenters. The summed E-state index contributed by atoms with van der Waals surface area (Å²) in [6.45, 7) is 2.78. The zero-order chi connectivity index (χ0) is 15.6. The van der Waals surface area contributed by atoms with E-state index in [1.165, 1.54) is 0 Å². The van der Waals surface area contributed by atoms with Crippen molar-refractivity contribution in [1.82, 2.24) is 9.21 Å². The van der Waals surface area contributed by atoms with Crippen molar-refractivity contribution in [3.8, 4) is 0 Å². The molecule has 0 aromatic heterocycles. The molecule has 2 fully saturated rings. The van der Waals surface area contributed by atoms with Crippen LogP contribution in [0, 0.1) is 0 Å². The molecule has 2 aliphatic rings. The second-order valence-electron chi connectivity index (χ2n) is 5.99. The van der Waals surface area contributed by atoms with Crippen molar-refractivity contribution in [3.05, 3.63) is 29.8 Å². The van der Waals surface area contributed by atoms with Crippen molar-refractivity contribution < 1.29 is 13.2 Å². The van der Waals surface area contributed by atoms with Crippen molar-refractivity contribution in [2.45, 2.75) is 37.0 Å². The molecule has 0 saturated carbocycles. The molecular weight excluding hydrogens is 300 g/mol. The fourth-order valence-electron chi connectivity index (χ4n) is 2.90. The minimum Gasteiger partial charge on any atom is -0.339 e. The molecule has 2 saturated heterocycles. The van der Waals surface area contributed by atoms with Crippen LogP contribution in [0.5, 0.6) is 0 Å². The molecule has 2 aliphatic heterocycles. The molecule has 3 rings (SSSR count). The van der Waals surface area contributed by atoms with Gasteiger partial charge in [0.15, 0.2) is 0 Å². The van der Waals surface area contributed by atoms with Crippen molar-refractivity contribution in [2.24, 2.45) is 0 Å². The number of nitrogens with zero attached hydrogens (tertiary/aromatic N) is 2. The summed E-state index contributed by atoms with van der Waals surface area (Å²) in [6.07, 6.45) is 5.08. The average molecular weight is 322 g/mol. The predicted molar refractivity (Wildman–Crippen MR) is 84.2 cm³/mol. The van der Waals surface area contributed by atoms with E-state index in [0.717, 1.165) is 45.2 Å². The summed E-state index contributed by atoms with van der Waals surface area (Å²) in [5.74, 6) is -0.00929. The lowest BCUT2D eigenvalue weighted by molar-refractivity contribution is 0.0651. The second-order valence-corrected chi connectivity index (χ2v) is 7.93. The Morgan fingerprint density at radius 3 is 1.91 bits per heavy atom. The molecule has 0 aliphatic carbocycles. The largest absolute Gasteiger partial charge is 0.339 e. The summed E-state index contributed by atoms with van der Waals surface area (Å²) in [6, 6.07) is 6.39. The van der Waals surface area contributed by atoms with Gasteiger partial charge in [-0.25, -0.2) is 8.42 Å². The SMILES string of the molecule is O=C(c1ccc(S(=O)(=O)N2CCCCCC2)cc1)N1CCC1. The number of sulfonamides is 1. The van der Waals surface area contributed by atoms with E-state index < -0.39 is 10.0 Å². The molecule has 0 bridgehead atoms. The lowest BCUT2D eigenvalue weighted by atomic mass is 10.1. The van der Waals surface area contributed by atoms with Gasteiger partial charge in [0.2, 0.25) is 10.0 Å². The minimum atomic E-state index is -3.43. The highest BCUT2D eigenvalue weighted by atomic mass is 32.2. The fourth-order valence-corrected chi connectivity index (χ4v) is 4.42. The highest BCUT2D eigenvalue weighted by molar-refractivity contribution is 7.89. The van der Waals surface area contributed by atoms with E-state index >= 15 is 0 Å². The van der Waals surface area contributed by atoms with Crippen LogP contribution in [0.4, 0.5) is 0 Å². The van der Waals surface area contributed by atoms with Crippen LogP contribution < -0.4 is 0 Å². The molecule has 1 aromatic rings. The molecule has 120 valence electrons. The summed E-state index contributed by atoms with van der Waals surface area (Å²) in [7, 11) is -3.43. The monoisotopic (exact) mass is 322 g/mol. The summed E-state index contributed by atoms with van der Waals surface area (Å²) in [5, 5.41) is 0. The number of carbonyl (C=O) groups is 1. The summed E-state index contributed by atoms with van der Waals surface area (Å²) < 4.78 is 26.9. The third kappa shape index (κ3) is 3.03. The average Bonchev–Trinajstić information content (AvgIpc) is 2.75. The van der Waals surface area contributed by atoms with Gasteiger partial charge in [0.1, 0.15) is 0 Å². The Hall–Kier alpha value is -1.40. The van der Waals surface area contributed by atoms with Crippen molar-refractivity contribution in [1.29, 1.82) is 0 Å². The molecule has 2 heterocycles. The van der Waals surface area contributed by atoms with Crippen LogP contribution in [-0.2, 0) is 10.0 Å². The molecule has 22 heavy (non-hydrogen) atoms. The third-order valence-electron chi connectivity index (χ3n) is 4.45. The zero-order valence-corrected chi connectivity index (χ0v) is 13.5. The summed E-state index contributed by atoms with van der Waals surface area (Å²) >= 11 is 0. The topological polar surface area (TPSA) is 57.7 Å². The number of benzene rings is 1. The van der Waals surface area contributed by atoms with Crippen LogP contribution >= 0.6 is 0 Å². The number of amides is 1. The van der Waals surface area contributed by atoms with Gasteiger partial charge in [-0.15, -0.1) is 0 Å². The van der Waals surface area contributed by atoms with Gasteiger partial charge in [-0.3, -0.25) is 4.79 Å². The molecule has 0 radical (unpaired) electrons. The van der Waals surface area contributed by atoms with Crippen LogP contribution in [0.15, 0.2) is 29.2 Å². The molecular formula is C16H22N2O3S. The maximum atomic E-state index is 12.7. The van der Waals surface area contributed by atoms with Crippen LogP contribution in [0.25, 0.3) is 0 Å². The number of hydrogen-bond donors (Lipinski definition) is 0. The van der Waals surface area contributed by atoms with Gasteiger partial charge >= 0.3 is 0 Å². The Morgan fingerprint density at radius 2 is 1.41 bits per heavy atom. The van der Waals surface area contributed by atoms with E-state index in [2.05, 4.69) is 0 Å². The number of likely N-dealkylation sites (tertiary alicyclic amines) is 1.